The molecule has 0 saturated heterocycles. The average Bonchev–Trinajstić information content (AvgIpc) is 2.61. The largest absolute Gasteiger partial charge is 0.364 e. The number of hydrogen-bond donors (Lipinski definition) is 2. The molecule has 2 aromatic heterocycles. The van der Waals surface area contributed by atoms with Gasteiger partial charge in [-0.05, 0) is 18.6 Å². The Kier molecular flexibility index (Phi) is 3.00. The van der Waals surface area contributed by atoms with Crippen molar-refractivity contribution in [1.82, 2.24) is 19.8 Å². The third-order valence-electron chi connectivity index (χ3n) is 2.46. The summed E-state index contributed by atoms with van der Waals surface area (Å²) >= 11 is 0. The zero-order valence-corrected chi connectivity index (χ0v) is 9.18. The third-order valence-corrected chi connectivity index (χ3v) is 2.46. The Morgan fingerprint density at radius 1 is 1.56 bits per heavy atom. The van der Waals surface area contributed by atoms with Crippen molar-refractivity contribution in [3.8, 4) is 0 Å². The summed E-state index contributed by atoms with van der Waals surface area (Å²) in [6, 6.07) is 3.71. The Bertz CT molecular complexity index is 529. The molecule has 0 bridgehead atoms. The highest BCUT2D eigenvalue weighted by molar-refractivity contribution is 5.34. The fraction of sp³-hybridized carbons (Fsp3) is 0.500. The lowest BCUT2D eigenvalue weighted by atomic mass is 10.1. The maximum Gasteiger partial charge on any atom is 0.364 e. The molecule has 3 N–H and O–H groups in total. The number of aromatic nitrogens is 4. The monoisotopic (exact) mass is 221 g/mol. The van der Waals surface area contributed by atoms with E-state index in [2.05, 4.69) is 22.2 Å². The van der Waals surface area contributed by atoms with Crippen LogP contribution < -0.4 is 11.4 Å². The van der Waals surface area contributed by atoms with E-state index >= 15 is 0 Å². The number of H-pyrrole nitrogens is 1. The van der Waals surface area contributed by atoms with Gasteiger partial charge in [0.25, 0.3) is 0 Å². The van der Waals surface area contributed by atoms with Gasteiger partial charge in [-0.15, -0.1) is 0 Å². The van der Waals surface area contributed by atoms with Crippen LogP contribution in [0.5, 0.6) is 0 Å². The summed E-state index contributed by atoms with van der Waals surface area (Å²) in [5, 5.41) is 10.3. The van der Waals surface area contributed by atoms with Crippen molar-refractivity contribution < 1.29 is 0 Å². The molecule has 0 aliphatic heterocycles. The highest BCUT2D eigenvalue weighted by atomic mass is 16.2. The highest BCUT2D eigenvalue weighted by Crippen LogP contribution is 2.03. The maximum atomic E-state index is 11.3. The number of fused-ring (bicyclic) bond motifs is 1. The first-order chi connectivity index (χ1) is 7.70. The summed E-state index contributed by atoms with van der Waals surface area (Å²) < 4.78 is 1.26. The van der Waals surface area contributed by atoms with Crippen LogP contribution in [-0.2, 0) is 6.42 Å². The normalized spacial score (nSPS) is 13.1. The first-order valence-electron chi connectivity index (χ1n) is 5.39. The van der Waals surface area contributed by atoms with Gasteiger partial charge in [-0.25, -0.2) is 9.89 Å². The predicted octanol–water partition coefficient (Wildman–Crippen LogP) is 0.0875. The van der Waals surface area contributed by atoms with Crippen molar-refractivity contribution in [3.05, 3.63) is 28.3 Å². The summed E-state index contributed by atoms with van der Waals surface area (Å²) in [7, 11) is 0. The lowest BCUT2D eigenvalue weighted by Crippen LogP contribution is -2.24. The fourth-order valence-corrected chi connectivity index (χ4v) is 1.69. The van der Waals surface area contributed by atoms with Crippen LogP contribution in [0.3, 0.4) is 0 Å². The van der Waals surface area contributed by atoms with E-state index in [4.69, 9.17) is 5.73 Å². The van der Waals surface area contributed by atoms with Crippen molar-refractivity contribution in [2.75, 3.05) is 0 Å². The van der Waals surface area contributed by atoms with Gasteiger partial charge in [0.05, 0.1) is 5.69 Å². The first kappa shape index (κ1) is 10.8. The number of aromatic amines is 1. The molecule has 1 atom stereocenters. The summed E-state index contributed by atoms with van der Waals surface area (Å²) in [4.78, 5) is 11.3. The Hall–Kier alpha value is -1.69. The van der Waals surface area contributed by atoms with Crippen LogP contribution >= 0.6 is 0 Å². The lowest BCUT2D eigenvalue weighted by molar-refractivity contribution is 0.586. The Labute approximate surface area is 92.5 Å². The van der Waals surface area contributed by atoms with Crippen LogP contribution in [0.25, 0.3) is 5.65 Å². The molecule has 0 amide bonds. The van der Waals surface area contributed by atoms with E-state index in [0.717, 1.165) is 18.5 Å². The number of nitrogens with one attached hydrogen (secondary N) is 1. The second-order valence-electron chi connectivity index (χ2n) is 3.88. The second kappa shape index (κ2) is 4.44. The van der Waals surface area contributed by atoms with Crippen molar-refractivity contribution in [2.24, 2.45) is 5.73 Å². The van der Waals surface area contributed by atoms with E-state index in [1.54, 1.807) is 6.07 Å². The Morgan fingerprint density at radius 3 is 3.12 bits per heavy atom. The zero-order chi connectivity index (χ0) is 11.5. The molecule has 0 radical (unpaired) electrons. The van der Waals surface area contributed by atoms with Crippen molar-refractivity contribution >= 4 is 5.65 Å². The molecule has 2 rings (SSSR count). The van der Waals surface area contributed by atoms with Gasteiger partial charge in [0.1, 0.15) is 0 Å². The molecule has 0 aliphatic carbocycles. The zero-order valence-electron chi connectivity index (χ0n) is 9.18. The predicted molar refractivity (Wildman–Crippen MR) is 60.2 cm³/mol. The van der Waals surface area contributed by atoms with Gasteiger partial charge in [0.2, 0.25) is 0 Å². The average molecular weight is 221 g/mol. The number of hydrogen-bond acceptors (Lipinski definition) is 4. The molecule has 0 fully saturated rings. The van der Waals surface area contributed by atoms with Crippen LogP contribution in [-0.4, -0.2) is 25.9 Å². The molecule has 6 heteroatoms. The van der Waals surface area contributed by atoms with Gasteiger partial charge in [0.15, 0.2) is 5.65 Å². The van der Waals surface area contributed by atoms with Gasteiger partial charge in [-0.2, -0.15) is 14.7 Å². The van der Waals surface area contributed by atoms with Crippen molar-refractivity contribution in [3.63, 3.8) is 0 Å². The minimum atomic E-state index is -0.319. The Balaban J connectivity index is 2.25. The molecule has 0 spiro atoms. The fourth-order valence-electron chi connectivity index (χ4n) is 1.69. The molecule has 0 saturated carbocycles. The van der Waals surface area contributed by atoms with Crippen LogP contribution in [0.1, 0.15) is 25.5 Å². The molecular formula is C10H15N5O. The minimum Gasteiger partial charge on any atom is -0.327 e. The molecule has 1 unspecified atom stereocenters. The molecule has 16 heavy (non-hydrogen) atoms. The van der Waals surface area contributed by atoms with E-state index in [-0.39, 0.29) is 11.7 Å². The SMILES string of the molecule is CCCC(N)Cc1ccc2n[nH]c(=O)n2n1. The maximum absolute atomic E-state index is 11.3. The van der Waals surface area contributed by atoms with E-state index < -0.39 is 0 Å². The minimum absolute atomic E-state index is 0.0950. The quantitative estimate of drug-likeness (QED) is 0.765. The number of rotatable bonds is 4. The van der Waals surface area contributed by atoms with Crippen LogP contribution in [0.2, 0.25) is 0 Å². The Morgan fingerprint density at radius 2 is 2.38 bits per heavy atom. The second-order valence-corrected chi connectivity index (χ2v) is 3.88. The molecule has 86 valence electrons. The number of nitrogens with zero attached hydrogens (tertiary/aromatic N) is 3. The summed E-state index contributed by atoms with van der Waals surface area (Å²) in [6.07, 6.45) is 2.69. The summed E-state index contributed by atoms with van der Waals surface area (Å²) in [6.45, 7) is 2.09. The van der Waals surface area contributed by atoms with Gasteiger partial charge in [-0.3, -0.25) is 0 Å². The molecule has 6 nitrogen and oxygen atoms in total. The van der Waals surface area contributed by atoms with Crippen LogP contribution in [0, 0.1) is 0 Å². The van der Waals surface area contributed by atoms with E-state index in [0.29, 0.717) is 12.1 Å². The topological polar surface area (TPSA) is 89.1 Å². The van der Waals surface area contributed by atoms with Gasteiger partial charge >= 0.3 is 5.69 Å². The summed E-state index contributed by atoms with van der Waals surface area (Å²) in [5.74, 6) is 0. The van der Waals surface area contributed by atoms with Crippen LogP contribution in [0.15, 0.2) is 16.9 Å². The smallest absolute Gasteiger partial charge is 0.327 e. The van der Waals surface area contributed by atoms with E-state index in [9.17, 15) is 4.79 Å². The van der Waals surface area contributed by atoms with Gasteiger partial charge in [0, 0.05) is 12.5 Å². The first-order valence-corrected chi connectivity index (χ1v) is 5.39. The molecule has 0 aliphatic rings. The highest BCUT2D eigenvalue weighted by Gasteiger charge is 2.07. The van der Waals surface area contributed by atoms with E-state index in [1.807, 2.05) is 6.07 Å². The molecule has 0 aromatic carbocycles. The van der Waals surface area contributed by atoms with Crippen LogP contribution in [0.4, 0.5) is 0 Å². The van der Waals surface area contributed by atoms with Crippen molar-refractivity contribution in [2.45, 2.75) is 32.2 Å². The number of nitrogens with two attached hydrogens (primary N) is 1. The molecule has 2 aromatic rings. The van der Waals surface area contributed by atoms with Gasteiger partial charge < -0.3 is 5.73 Å². The molecule has 2 heterocycles. The third kappa shape index (κ3) is 2.11. The lowest BCUT2D eigenvalue weighted by Gasteiger charge is -2.08. The van der Waals surface area contributed by atoms with Crippen molar-refractivity contribution in [1.29, 1.82) is 0 Å². The van der Waals surface area contributed by atoms with Gasteiger partial charge in [-0.1, -0.05) is 13.3 Å². The molecular weight excluding hydrogens is 206 g/mol. The summed E-state index contributed by atoms with van der Waals surface area (Å²) in [5.41, 5.74) is 6.95. The standard InChI is InChI=1S/C10H15N5O/c1-2-3-7(11)6-8-4-5-9-12-13-10(16)15(9)14-8/h4-5,7H,2-3,6,11H2,1H3,(H,13,16). The van der Waals surface area contributed by atoms with E-state index in [1.165, 1.54) is 4.52 Å².